The quantitative estimate of drug-likeness (QED) is 0.0329. The lowest BCUT2D eigenvalue weighted by Crippen LogP contribution is -1.91. The van der Waals surface area contributed by atoms with Gasteiger partial charge in [0, 0.05) is 12.5 Å². The summed E-state index contributed by atoms with van der Waals surface area (Å²) in [6.07, 6.45) is 67.1. The van der Waals surface area contributed by atoms with Crippen LogP contribution in [-0.2, 0) is 9.59 Å². The van der Waals surface area contributed by atoms with Crippen LogP contribution in [0.4, 0.5) is 0 Å². The van der Waals surface area contributed by atoms with Gasteiger partial charge in [0.15, 0.2) is 0 Å². The first-order valence-corrected chi connectivity index (χ1v) is 19.2. The number of carbonyl (C=O) groups is 2. The second-order valence-electron chi connectivity index (χ2n) is 12.0. The van der Waals surface area contributed by atoms with Crippen molar-refractivity contribution in [1.82, 2.24) is 0 Å². The van der Waals surface area contributed by atoms with E-state index in [-0.39, 0.29) is 6.42 Å². The van der Waals surface area contributed by atoms with Gasteiger partial charge >= 0.3 is 11.9 Å². The second-order valence-corrected chi connectivity index (χ2v) is 12.0. The molecule has 2 N–H and O–H groups in total. The lowest BCUT2D eigenvalue weighted by Gasteiger charge is -2.01. The predicted molar refractivity (Wildman–Crippen MR) is 219 cm³/mol. The SMILES string of the molecule is CC/C=C\C/C=C\C/C=C\C/C=C\C/C=C\C/C=C\CCC(=O)O.CCCCCCCCCCCCCC=CC=CC=CC=CC=CC(=O)O. The van der Waals surface area contributed by atoms with Gasteiger partial charge in [0.05, 0.1) is 0 Å². The number of carboxylic acids is 2. The van der Waals surface area contributed by atoms with Crippen molar-refractivity contribution in [1.29, 1.82) is 0 Å². The van der Waals surface area contributed by atoms with Gasteiger partial charge in [-0.25, -0.2) is 4.79 Å². The normalized spacial score (nSPS) is 12.8. The fourth-order valence-corrected chi connectivity index (χ4v) is 4.47. The molecule has 0 radical (unpaired) electrons. The molecule has 0 heterocycles. The molecule has 0 amide bonds. The van der Waals surface area contributed by atoms with Crippen molar-refractivity contribution in [2.45, 2.75) is 142 Å². The van der Waals surface area contributed by atoms with Crippen LogP contribution in [-0.4, -0.2) is 22.2 Å². The van der Waals surface area contributed by atoms with Crippen molar-refractivity contribution >= 4 is 11.9 Å². The van der Waals surface area contributed by atoms with Crippen LogP contribution in [0, 0.1) is 0 Å². The third kappa shape index (κ3) is 50.9. The number of aliphatic carboxylic acids is 2. The maximum atomic E-state index is 10.3. The topological polar surface area (TPSA) is 74.6 Å². The third-order valence-corrected chi connectivity index (χ3v) is 7.25. The van der Waals surface area contributed by atoms with E-state index in [1.807, 2.05) is 36.5 Å². The van der Waals surface area contributed by atoms with E-state index in [1.165, 1.54) is 76.7 Å². The van der Waals surface area contributed by atoms with Crippen LogP contribution in [0.5, 0.6) is 0 Å². The highest BCUT2D eigenvalue weighted by Gasteiger charge is 1.92. The summed E-state index contributed by atoms with van der Waals surface area (Å²) in [5.41, 5.74) is 0. The molecule has 0 saturated heterocycles. The Hall–Kier alpha value is -3.92. The number of carboxylic acid groups (broad SMARTS) is 2. The lowest BCUT2D eigenvalue weighted by molar-refractivity contribution is -0.137. The van der Waals surface area contributed by atoms with Crippen molar-refractivity contribution < 1.29 is 19.8 Å². The molecule has 0 aliphatic heterocycles. The minimum absolute atomic E-state index is 0.210. The highest BCUT2D eigenvalue weighted by molar-refractivity contribution is 5.80. The summed E-state index contributed by atoms with van der Waals surface area (Å²) in [5.74, 6) is -1.67. The molecular formula is C46H70O4. The van der Waals surface area contributed by atoms with Crippen molar-refractivity contribution in [3.8, 4) is 0 Å². The molecule has 0 unspecified atom stereocenters. The summed E-state index contributed by atoms with van der Waals surface area (Å²) >= 11 is 0. The van der Waals surface area contributed by atoms with E-state index in [0.717, 1.165) is 51.0 Å². The minimum atomic E-state index is -0.929. The molecule has 0 spiro atoms. The molecule has 0 bridgehead atoms. The Morgan fingerprint density at radius 1 is 0.400 bits per heavy atom. The summed E-state index contributed by atoms with van der Waals surface area (Å²) in [6, 6.07) is 0. The Bertz CT molecular complexity index is 1090. The largest absolute Gasteiger partial charge is 0.481 e. The van der Waals surface area contributed by atoms with Gasteiger partial charge in [-0.15, -0.1) is 0 Å². The summed E-state index contributed by atoms with van der Waals surface area (Å²) in [6.45, 7) is 4.42. The Balaban J connectivity index is 0. The Labute approximate surface area is 306 Å². The van der Waals surface area contributed by atoms with Crippen molar-refractivity contribution in [2.24, 2.45) is 0 Å². The monoisotopic (exact) mass is 687 g/mol. The first kappa shape index (κ1) is 48.2. The molecule has 0 aliphatic rings. The maximum Gasteiger partial charge on any atom is 0.328 e. The van der Waals surface area contributed by atoms with Crippen molar-refractivity contribution in [2.75, 3.05) is 0 Å². The van der Waals surface area contributed by atoms with Crippen LogP contribution >= 0.6 is 0 Å². The molecule has 0 aliphatic carbocycles. The summed E-state index contributed by atoms with van der Waals surface area (Å²) in [5, 5.41) is 16.9. The molecule has 0 aromatic heterocycles. The van der Waals surface area contributed by atoms with Gasteiger partial charge in [0.2, 0.25) is 0 Å². The predicted octanol–water partition coefficient (Wildman–Crippen LogP) is 14.1. The van der Waals surface area contributed by atoms with Gasteiger partial charge in [-0.3, -0.25) is 4.79 Å². The molecule has 0 atom stereocenters. The molecule has 278 valence electrons. The molecule has 0 aromatic carbocycles. The first-order chi connectivity index (χ1) is 24.5. The van der Waals surface area contributed by atoms with Crippen LogP contribution in [0.1, 0.15) is 142 Å². The maximum absolute atomic E-state index is 10.3. The zero-order valence-corrected chi connectivity index (χ0v) is 31.6. The van der Waals surface area contributed by atoms with Gasteiger partial charge < -0.3 is 10.2 Å². The van der Waals surface area contributed by atoms with Crippen LogP contribution in [0.15, 0.2) is 134 Å². The van der Waals surface area contributed by atoms with Crippen LogP contribution in [0.25, 0.3) is 0 Å². The van der Waals surface area contributed by atoms with Gasteiger partial charge in [0.1, 0.15) is 0 Å². The van der Waals surface area contributed by atoms with E-state index in [2.05, 4.69) is 86.8 Å². The molecular weight excluding hydrogens is 617 g/mol. The Kier molecular flexibility index (Phi) is 43.5. The van der Waals surface area contributed by atoms with Gasteiger partial charge in [-0.2, -0.15) is 0 Å². The fraction of sp³-hybridized carbons (Fsp3) is 0.478. The molecule has 0 fully saturated rings. The number of hydrogen-bond donors (Lipinski definition) is 2. The highest BCUT2D eigenvalue weighted by Crippen LogP contribution is 2.12. The van der Waals surface area contributed by atoms with Gasteiger partial charge in [0.25, 0.3) is 0 Å². The third-order valence-electron chi connectivity index (χ3n) is 7.25. The first-order valence-electron chi connectivity index (χ1n) is 19.2. The Morgan fingerprint density at radius 3 is 1.20 bits per heavy atom. The second kappa shape index (κ2) is 45.1. The van der Waals surface area contributed by atoms with E-state index in [1.54, 1.807) is 12.2 Å². The average molecular weight is 687 g/mol. The van der Waals surface area contributed by atoms with E-state index in [0.29, 0.717) is 6.42 Å². The molecule has 4 heteroatoms. The summed E-state index contributed by atoms with van der Waals surface area (Å²) in [4.78, 5) is 20.6. The van der Waals surface area contributed by atoms with Crippen LogP contribution in [0.2, 0.25) is 0 Å². The van der Waals surface area contributed by atoms with Crippen molar-refractivity contribution in [3.05, 3.63) is 134 Å². The molecule has 4 nitrogen and oxygen atoms in total. The van der Waals surface area contributed by atoms with E-state index < -0.39 is 11.9 Å². The zero-order valence-electron chi connectivity index (χ0n) is 31.6. The Morgan fingerprint density at radius 2 is 0.780 bits per heavy atom. The van der Waals surface area contributed by atoms with E-state index in [9.17, 15) is 9.59 Å². The molecule has 0 aromatic rings. The molecule has 50 heavy (non-hydrogen) atoms. The number of hydrogen-bond acceptors (Lipinski definition) is 2. The van der Waals surface area contributed by atoms with Crippen LogP contribution < -0.4 is 0 Å². The lowest BCUT2D eigenvalue weighted by atomic mass is 10.1. The van der Waals surface area contributed by atoms with Gasteiger partial charge in [-0.1, -0.05) is 206 Å². The average Bonchev–Trinajstić information content (AvgIpc) is 3.10. The zero-order chi connectivity index (χ0) is 36.9. The molecule has 0 saturated carbocycles. The summed E-state index contributed by atoms with van der Waals surface area (Å²) < 4.78 is 0. The molecule has 0 rings (SSSR count). The number of allylic oxidation sites excluding steroid dienone is 21. The summed E-state index contributed by atoms with van der Waals surface area (Å²) in [7, 11) is 0. The smallest absolute Gasteiger partial charge is 0.328 e. The van der Waals surface area contributed by atoms with E-state index >= 15 is 0 Å². The number of unbranched alkanes of at least 4 members (excludes halogenated alkanes) is 11. The van der Waals surface area contributed by atoms with E-state index in [4.69, 9.17) is 10.2 Å². The number of rotatable bonds is 31. The highest BCUT2D eigenvalue weighted by atomic mass is 16.4. The minimum Gasteiger partial charge on any atom is -0.481 e. The fourth-order valence-electron chi connectivity index (χ4n) is 4.47. The standard InChI is InChI=1S/C24H38O2.C22H32O2/c1-2-3-4-5-6-7-8-9-10-11-12-13-14-15-16-17-18-19-20-21-22-23-24(25)26;1-2-3-4-5-6-7-8-9-10-11-12-13-14-15-16-17-18-19-20-21-22(23)24/h14-23H,2-13H2,1H3,(H,25,26);3-4,6-7,9-10,12-13,15-16,18-19H,2,5,8,11,14,17,20-21H2,1H3,(H,23,24)/b;4-3-,7-6-,10-9-,13-12-,16-15-,19-18-. The van der Waals surface area contributed by atoms with Crippen molar-refractivity contribution in [3.63, 3.8) is 0 Å². The van der Waals surface area contributed by atoms with Crippen LogP contribution in [0.3, 0.4) is 0 Å². The van der Waals surface area contributed by atoms with Gasteiger partial charge in [-0.05, 0) is 57.8 Å².